The van der Waals surface area contributed by atoms with Crippen LogP contribution in [-0.2, 0) is 0 Å². The van der Waals surface area contributed by atoms with Crippen LogP contribution < -0.4 is 10.5 Å². The fourth-order valence-corrected chi connectivity index (χ4v) is 1.89. The summed E-state index contributed by atoms with van der Waals surface area (Å²) in [5, 5.41) is -0.0732. The molecule has 2 nitrogen and oxygen atoms in total. The van der Waals surface area contributed by atoms with Gasteiger partial charge in [0, 0.05) is 6.04 Å². The van der Waals surface area contributed by atoms with E-state index in [2.05, 4.69) is 4.74 Å². The Bertz CT molecular complexity index is 421. The zero-order chi connectivity index (χ0) is 12.6. The monoisotopic (exact) mass is 301 g/mol. The second-order valence-corrected chi connectivity index (χ2v) is 4.51. The van der Waals surface area contributed by atoms with Gasteiger partial charge in [0.1, 0.15) is 5.75 Å². The molecule has 0 bridgehead atoms. The number of ether oxygens (including phenoxy) is 1. The first-order valence-corrected chi connectivity index (χ1v) is 5.55. The third-order valence-electron chi connectivity index (χ3n) is 2.70. The molecular weight excluding hydrogens is 290 g/mol. The highest BCUT2D eigenvalue weighted by Crippen LogP contribution is 2.41. The molecule has 1 aromatic carbocycles. The molecule has 0 unspecified atom stereocenters. The molecule has 1 fully saturated rings. The predicted molar refractivity (Wildman–Crippen MR) is 65.0 cm³/mol. The summed E-state index contributed by atoms with van der Waals surface area (Å²) in [7, 11) is 0. The lowest BCUT2D eigenvalue weighted by molar-refractivity contribution is -0.274. The summed E-state index contributed by atoms with van der Waals surface area (Å²) in [5.41, 5.74) is 6.67. The fourth-order valence-electron chi connectivity index (χ4n) is 1.66. The van der Waals surface area contributed by atoms with Crippen LogP contribution in [0.2, 0.25) is 5.02 Å². The van der Waals surface area contributed by atoms with Gasteiger partial charge in [-0.1, -0.05) is 17.7 Å². The van der Waals surface area contributed by atoms with E-state index in [0.29, 0.717) is 5.92 Å². The molecule has 2 N–H and O–H groups in total. The summed E-state index contributed by atoms with van der Waals surface area (Å²) in [5.74, 6) is 0.0198. The topological polar surface area (TPSA) is 35.2 Å². The molecule has 1 saturated carbocycles. The van der Waals surface area contributed by atoms with Crippen molar-refractivity contribution in [1.29, 1.82) is 0 Å². The fraction of sp³-hybridized carbons (Fsp3) is 0.455. The third kappa shape index (κ3) is 3.93. The molecule has 0 aliphatic heterocycles. The van der Waals surface area contributed by atoms with Gasteiger partial charge in [-0.2, -0.15) is 0 Å². The number of benzene rings is 1. The van der Waals surface area contributed by atoms with Crippen molar-refractivity contribution in [3.8, 4) is 5.75 Å². The second kappa shape index (κ2) is 5.55. The first-order chi connectivity index (χ1) is 7.87. The molecule has 0 radical (unpaired) electrons. The Kier molecular flexibility index (Phi) is 4.75. The van der Waals surface area contributed by atoms with Gasteiger partial charge in [0.15, 0.2) is 0 Å². The van der Waals surface area contributed by atoms with Gasteiger partial charge in [0.05, 0.1) is 5.02 Å². The van der Waals surface area contributed by atoms with Crippen LogP contribution >= 0.6 is 24.0 Å². The summed E-state index contributed by atoms with van der Waals surface area (Å²) in [6.07, 6.45) is -2.62. The maximum atomic E-state index is 12.0. The van der Waals surface area contributed by atoms with E-state index >= 15 is 0 Å². The minimum absolute atomic E-state index is 0. The van der Waals surface area contributed by atoms with Gasteiger partial charge in [0.25, 0.3) is 0 Å². The Hall–Kier alpha value is -0.650. The Morgan fingerprint density at radius 1 is 1.33 bits per heavy atom. The summed E-state index contributed by atoms with van der Waals surface area (Å²) in [4.78, 5) is 0. The van der Waals surface area contributed by atoms with Crippen molar-refractivity contribution >= 4 is 24.0 Å². The summed E-state index contributed by atoms with van der Waals surface area (Å²) < 4.78 is 39.8. The highest BCUT2D eigenvalue weighted by Gasteiger charge is 2.33. The highest BCUT2D eigenvalue weighted by molar-refractivity contribution is 6.32. The van der Waals surface area contributed by atoms with E-state index in [1.807, 2.05) is 0 Å². The number of hydrogen-bond acceptors (Lipinski definition) is 2. The van der Waals surface area contributed by atoms with E-state index in [0.717, 1.165) is 18.4 Å². The van der Waals surface area contributed by atoms with E-state index in [4.69, 9.17) is 17.3 Å². The zero-order valence-electron chi connectivity index (χ0n) is 9.21. The van der Waals surface area contributed by atoms with E-state index < -0.39 is 12.1 Å². The lowest BCUT2D eigenvalue weighted by Gasteiger charge is -2.14. The molecule has 0 spiro atoms. The number of hydrogen-bond donors (Lipinski definition) is 1. The Balaban J connectivity index is 0.00000162. The van der Waals surface area contributed by atoms with Gasteiger partial charge >= 0.3 is 6.36 Å². The Labute approximate surface area is 114 Å². The van der Waals surface area contributed by atoms with Crippen molar-refractivity contribution in [2.24, 2.45) is 11.7 Å². The first kappa shape index (κ1) is 15.4. The highest BCUT2D eigenvalue weighted by atomic mass is 35.5. The second-order valence-electron chi connectivity index (χ2n) is 4.10. The molecule has 102 valence electrons. The van der Waals surface area contributed by atoms with E-state index in [1.165, 1.54) is 18.2 Å². The molecule has 7 heteroatoms. The van der Waals surface area contributed by atoms with Gasteiger partial charge in [-0.05, 0) is 36.5 Å². The number of rotatable bonds is 3. The van der Waals surface area contributed by atoms with Crippen molar-refractivity contribution in [2.75, 3.05) is 0 Å². The maximum absolute atomic E-state index is 12.0. The van der Waals surface area contributed by atoms with E-state index in [1.54, 1.807) is 0 Å². The van der Waals surface area contributed by atoms with Crippen LogP contribution in [0.25, 0.3) is 0 Å². The normalized spacial score (nSPS) is 16.9. The van der Waals surface area contributed by atoms with Crippen LogP contribution in [0.3, 0.4) is 0 Å². The standard InChI is InChI=1S/C11H11ClF3NO.ClH/c12-8-5-7(10(16)6-1-2-6)3-4-9(8)17-11(13,14)15;/h3-6,10H,1-2,16H2;1H/t10-;/m1./s1. The predicted octanol–water partition coefficient (Wildman–Crippen LogP) is 4.07. The molecule has 1 aliphatic carbocycles. The lowest BCUT2D eigenvalue weighted by Crippen LogP contribution is -2.18. The minimum Gasteiger partial charge on any atom is -0.404 e. The van der Waals surface area contributed by atoms with E-state index in [-0.39, 0.29) is 23.5 Å². The maximum Gasteiger partial charge on any atom is 0.573 e. The molecule has 1 aliphatic rings. The quantitative estimate of drug-likeness (QED) is 0.913. The van der Waals surface area contributed by atoms with E-state index in [9.17, 15) is 13.2 Å². The summed E-state index contributed by atoms with van der Waals surface area (Å²) >= 11 is 5.72. The van der Waals surface area contributed by atoms with Crippen LogP contribution in [-0.4, -0.2) is 6.36 Å². The number of halogens is 5. The van der Waals surface area contributed by atoms with Gasteiger partial charge < -0.3 is 10.5 Å². The van der Waals surface area contributed by atoms with Crippen LogP contribution in [0.4, 0.5) is 13.2 Å². The van der Waals surface area contributed by atoms with Crippen LogP contribution in [0.5, 0.6) is 5.75 Å². The van der Waals surface area contributed by atoms with Crippen molar-refractivity contribution in [1.82, 2.24) is 0 Å². The summed E-state index contributed by atoms with van der Waals surface area (Å²) in [6, 6.07) is 4.00. The van der Waals surface area contributed by atoms with Gasteiger partial charge in [-0.15, -0.1) is 25.6 Å². The van der Waals surface area contributed by atoms with Crippen molar-refractivity contribution in [3.63, 3.8) is 0 Å². The summed E-state index contributed by atoms with van der Waals surface area (Å²) in [6.45, 7) is 0. The Morgan fingerprint density at radius 2 is 1.94 bits per heavy atom. The third-order valence-corrected chi connectivity index (χ3v) is 2.99. The lowest BCUT2D eigenvalue weighted by atomic mass is 10.0. The molecule has 1 aromatic rings. The van der Waals surface area contributed by atoms with Gasteiger partial charge in [-0.3, -0.25) is 0 Å². The molecule has 0 saturated heterocycles. The smallest absolute Gasteiger partial charge is 0.404 e. The molecule has 18 heavy (non-hydrogen) atoms. The van der Waals surface area contributed by atoms with Crippen LogP contribution in [0, 0.1) is 5.92 Å². The minimum atomic E-state index is -4.73. The first-order valence-electron chi connectivity index (χ1n) is 5.17. The van der Waals surface area contributed by atoms with Crippen molar-refractivity contribution in [2.45, 2.75) is 25.2 Å². The zero-order valence-corrected chi connectivity index (χ0v) is 10.8. The Morgan fingerprint density at radius 3 is 2.39 bits per heavy atom. The number of nitrogens with two attached hydrogens (primary N) is 1. The molecule has 0 aromatic heterocycles. The average molecular weight is 302 g/mol. The number of alkyl halides is 3. The van der Waals surface area contributed by atoms with Crippen molar-refractivity contribution < 1.29 is 17.9 Å². The van der Waals surface area contributed by atoms with Crippen molar-refractivity contribution in [3.05, 3.63) is 28.8 Å². The van der Waals surface area contributed by atoms with Crippen LogP contribution in [0.1, 0.15) is 24.4 Å². The molecule has 0 heterocycles. The molecule has 0 amide bonds. The van der Waals surface area contributed by atoms with Crippen LogP contribution in [0.15, 0.2) is 18.2 Å². The average Bonchev–Trinajstić information content (AvgIpc) is 3.01. The van der Waals surface area contributed by atoms with Gasteiger partial charge in [0.2, 0.25) is 0 Å². The molecular formula is C11H12Cl2F3NO. The van der Waals surface area contributed by atoms with Gasteiger partial charge in [-0.25, -0.2) is 0 Å². The SMILES string of the molecule is Cl.N[C@@H](c1ccc(OC(F)(F)F)c(Cl)c1)C1CC1. The molecule has 2 rings (SSSR count). The molecule has 1 atom stereocenters. The largest absolute Gasteiger partial charge is 0.573 e.